The third-order valence-corrected chi connectivity index (χ3v) is 5.61. The number of benzene rings is 1. The summed E-state index contributed by atoms with van der Waals surface area (Å²) in [5.41, 5.74) is 2.75. The molecule has 1 heterocycles. The Hall–Kier alpha value is -2.43. The molecule has 1 fully saturated rings. The van der Waals surface area contributed by atoms with Crippen molar-refractivity contribution in [2.75, 3.05) is 0 Å². The van der Waals surface area contributed by atoms with Gasteiger partial charge in [-0.25, -0.2) is 4.68 Å². The van der Waals surface area contributed by atoms with Crippen LogP contribution >= 0.6 is 0 Å². The van der Waals surface area contributed by atoms with Crippen LogP contribution in [0.15, 0.2) is 41.2 Å². The molecule has 0 saturated heterocycles. The van der Waals surface area contributed by atoms with Crippen molar-refractivity contribution < 1.29 is 4.79 Å². The molecule has 136 valence electrons. The molecule has 0 unspecified atom stereocenters. The summed E-state index contributed by atoms with van der Waals surface area (Å²) >= 11 is 0. The molecular weight excluding hydrogens is 326 g/mol. The zero-order valence-corrected chi connectivity index (χ0v) is 15.2. The Labute approximate surface area is 153 Å². The molecule has 0 spiro atoms. The van der Waals surface area contributed by atoms with Crippen molar-refractivity contribution in [2.24, 2.45) is 0 Å². The first-order valence-electron chi connectivity index (χ1n) is 9.55. The van der Waals surface area contributed by atoms with Crippen molar-refractivity contribution in [1.29, 1.82) is 0 Å². The molecule has 0 aliphatic heterocycles. The van der Waals surface area contributed by atoms with E-state index in [1.807, 2.05) is 37.3 Å². The Bertz CT molecular complexity index is 869. The molecule has 1 N–H and O–H groups in total. The summed E-state index contributed by atoms with van der Waals surface area (Å²) in [7, 11) is 0. The Morgan fingerprint density at radius 3 is 2.69 bits per heavy atom. The molecule has 1 aromatic heterocycles. The van der Waals surface area contributed by atoms with Gasteiger partial charge in [-0.05, 0) is 56.6 Å². The Morgan fingerprint density at radius 1 is 1.23 bits per heavy atom. The molecule has 1 amide bonds. The molecule has 0 radical (unpaired) electrons. The standard InChI is InChI=1S/C21H25N3O2/c1-15(14-24-19(25)13-16-7-5-6-10-18(16)23-24)22-20(26)21(11-12-21)17-8-3-2-4-9-17/h2-4,8-9,13,15H,5-7,10-12,14H2,1H3,(H,22,26)/t15-/m0/s1. The third-order valence-electron chi connectivity index (χ3n) is 5.61. The average Bonchev–Trinajstić information content (AvgIpc) is 3.45. The lowest BCUT2D eigenvalue weighted by molar-refractivity contribution is -0.124. The van der Waals surface area contributed by atoms with Crippen molar-refractivity contribution in [3.8, 4) is 0 Å². The number of nitrogens with zero attached hydrogens (tertiary/aromatic N) is 2. The first-order chi connectivity index (χ1) is 12.6. The lowest BCUT2D eigenvalue weighted by Crippen LogP contribution is -2.44. The quantitative estimate of drug-likeness (QED) is 0.899. The van der Waals surface area contributed by atoms with Crippen LogP contribution in [0.25, 0.3) is 0 Å². The van der Waals surface area contributed by atoms with Crippen LogP contribution in [0.5, 0.6) is 0 Å². The number of aryl methyl sites for hydroxylation is 2. The number of carbonyl (C=O) groups is 1. The van der Waals surface area contributed by atoms with E-state index in [4.69, 9.17) is 0 Å². The maximum absolute atomic E-state index is 12.8. The van der Waals surface area contributed by atoms with Crippen molar-refractivity contribution in [1.82, 2.24) is 15.1 Å². The topological polar surface area (TPSA) is 64.0 Å². The summed E-state index contributed by atoms with van der Waals surface area (Å²) in [5.74, 6) is 0.0576. The zero-order chi connectivity index (χ0) is 18.1. The second-order valence-corrected chi connectivity index (χ2v) is 7.67. The highest BCUT2D eigenvalue weighted by Crippen LogP contribution is 2.48. The monoisotopic (exact) mass is 351 g/mol. The van der Waals surface area contributed by atoms with Crippen LogP contribution in [0.3, 0.4) is 0 Å². The minimum absolute atomic E-state index is 0.0576. The van der Waals surface area contributed by atoms with Gasteiger partial charge < -0.3 is 5.32 Å². The Kier molecular flexibility index (Phi) is 4.39. The van der Waals surface area contributed by atoms with Gasteiger partial charge in [-0.1, -0.05) is 30.3 Å². The zero-order valence-electron chi connectivity index (χ0n) is 15.2. The largest absolute Gasteiger partial charge is 0.351 e. The molecule has 2 aliphatic rings. The first kappa shape index (κ1) is 17.0. The van der Waals surface area contributed by atoms with Gasteiger partial charge in [-0.15, -0.1) is 0 Å². The fraction of sp³-hybridized carbons (Fsp3) is 0.476. The van der Waals surface area contributed by atoms with Gasteiger partial charge in [0.15, 0.2) is 0 Å². The first-order valence-corrected chi connectivity index (χ1v) is 9.55. The Morgan fingerprint density at radius 2 is 1.96 bits per heavy atom. The van der Waals surface area contributed by atoms with E-state index in [0.717, 1.165) is 55.3 Å². The van der Waals surface area contributed by atoms with Gasteiger partial charge in [0.1, 0.15) is 0 Å². The molecule has 1 atom stereocenters. The summed E-state index contributed by atoms with van der Waals surface area (Å²) in [6.07, 6.45) is 5.91. The lowest BCUT2D eigenvalue weighted by atomic mass is 9.95. The number of rotatable bonds is 5. The van der Waals surface area contributed by atoms with E-state index in [-0.39, 0.29) is 22.9 Å². The summed E-state index contributed by atoms with van der Waals surface area (Å²) in [6, 6.07) is 11.5. The molecule has 2 aliphatic carbocycles. The van der Waals surface area contributed by atoms with Crippen LogP contribution in [-0.4, -0.2) is 21.7 Å². The molecule has 1 aromatic carbocycles. The fourth-order valence-corrected chi connectivity index (χ4v) is 3.93. The molecule has 5 heteroatoms. The summed E-state index contributed by atoms with van der Waals surface area (Å²) < 4.78 is 1.51. The van der Waals surface area contributed by atoms with Gasteiger partial charge in [0.25, 0.3) is 5.56 Å². The van der Waals surface area contributed by atoms with E-state index < -0.39 is 0 Å². The van der Waals surface area contributed by atoms with Gasteiger partial charge in [0.2, 0.25) is 5.91 Å². The highest BCUT2D eigenvalue weighted by molar-refractivity contribution is 5.91. The number of hydrogen-bond donors (Lipinski definition) is 1. The van der Waals surface area contributed by atoms with Crippen LogP contribution in [0.4, 0.5) is 0 Å². The summed E-state index contributed by atoms with van der Waals surface area (Å²) in [4.78, 5) is 25.2. The molecule has 0 bridgehead atoms. The average molecular weight is 351 g/mol. The van der Waals surface area contributed by atoms with E-state index in [9.17, 15) is 9.59 Å². The predicted octanol–water partition coefficient (Wildman–Crippen LogP) is 2.36. The van der Waals surface area contributed by atoms with E-state index in [1.165, 1.54) is 4.68 Å². The van der Waals surface area contributed by atoms with E-state index >= 15 is 0 Å². The number of nitrogens with one attached hydrogen (secondary N) is 1. The number of carbonyl (C=O) groups excluding carboxylic acids is 1. The second kappa shape index (κ2) is 6.71. The predicted molar refractivity (Wildman–Crippen MR) is 100 cm³/mol. The summed E-state index contributed by atoms with van der Waals surface area (Å²) in [6.45, 7) is 2.34. The minimum atomic E-state index is -0.385. The van der Waals surface area contributed by atoms with Crippen molar-refractivity contribution >= 4 is 5.91 Å². The molecule has 2 aromatic rings. The van der Waals surface area contributed by atoms with Crippen molar-refractivity contribution in [3.05, 3.63) is 63.6 Å². The van der Waals surface area contributed by atoms with E-state index in [1.54, 1.807) is 6.07 Å². The van der Waals surface area contributed by atoms with E-state index in [0.29, 0.717) is 6.54 Å². The second-order valence-electron chi connectivity index (χ2n) is 7.67. The number of fused-ring (bicyclic) bond motifs is 1. The molecular formula is C21H25N3O2. The number of amides is 1. The van der Waals surface area contributed by atoms with Gasteiger partial charge >= 0.3 is 0 Å². The highest BCUT2D eigenvalue weighted by Gasteiger charge is 2.51. The molecule has 5 nitrogen and oxygen atoms in total. The number of aromatic nitrogens is 2. The fourth-order valence-electron chi connectivity index (χ4n) is 3.93. The highest BCUT2D eigenvalue weighted by atomic mass is 16.2. The molecule has 26 heavy (non-hydrogen) atoms. The van der Waals surface area contributed by atoms with E-state index in [2.05, 4.69) is 10.4 Å². The van der Waals surface area contributed by atoms with Gasteiger partial charge in [0, 0.05) is 12.1 Å². The maximum Gasteiger partial charge on any atom is 0.267 e. The van der Waals surface area contributed by atoms with Crippen molar-refractivity contribution in [3.63, 3.8) is 0 Å². The van der Waals surface area contributed by atoms with Crippen LogP contribution in [0.2, 0.25) is 0 Å². The molecule has 1 saturated carbocycles. The normalized spacial score (nSPS) is 18.7. The third kappa shape index (κ3) is 3.18. The minimum Gasteiger partial charge on any atom is -0.351 e. The van der Waals surface area contributed by atoms with Crippen molar-refractivity contribution in [2.45, 2.75) is 63.5 Å². The SMILES string of the molecule is C[C@@H](Cn1nc2c(cc1=O)CCCC2)NC(=O)C1(c2ccccc2)CC1. The molecule has 4 rings (SSSR count). The van der Waals surface area contributed by atoms with Crippen LogP contribution < -0.4 is 10.9 Å². The van der Waals surface area contributed by atoms with Crippen LogP contribution in [0, 0.1) is 0 Å². The maximum atomic E-state index is 12.8. The van der Waals surface area contributed by atoms with Gasteiger partial charge in [-0.2, -0.15) is 5.10 Å². The summed E-state index contributed by atoms with van der Waals surface area (Å²) in [5, 5.41) is 7.65. The van der Waals surface area contributed by atoms with Crippen LogP contribution in [-0.2, 0) is 29.6 Å². The van der Waals surface area contributed by atoms with Gasteiger partial charge in [0.05, 0.1) is 17.7 Å². The number of hydrogen-bond acceptors (Lipinski definition) is 3. The smallest absolute Gasteiger partial charge is 0.267 e. The lowest BCUT2D eigenvalue weighted by Gasteiger charge is -2.21. The van der Waals surface area contributed by atoms with Crippen LogP contribution in [0.1, 0.15) is 49.4 Å². The Balaban J connectivity index is 1.45. The van der Waals surface area contributed by atoms with Gasteiger partial charge in [-0.3, -0.25) is 9.59 Å².